The Bertz CT molecular complexity index is 4810. The molecule has 0 spiro atoms. The number of benzene rings is 10. The summed E-state index contributed by atoms with van der Waals surface area (Å²) in [6.07, 6.45) is 5.56. The predicted octanol–water partition coefficient (Wildman–Crippen LogP) is 23.3. The van der Waals surface area contributed by atoms with Gasteiger partial charge in [0.25, 0.3) is 0 Å². The molecule has 6 nitrogen and oxygen atoms in total. The minimum absolute atomic E-state index is 0. The zero-order chi connectivity index (χ0) is 67.2. The van der Waals surface area contributed by atoms with Crippen molar-refractivity contribution in [2.45, 2.75) is 105 Å². The molecule has 501 valence electrons. The molecule has 0 saturated heterocycles. The smallest absolute Gasteiger partial charge is 0.165 e. The van der Waals surface area contributed by atoms with Crippen molar-refractivity contribution in [3.05, 3.63) is 314 Å². The summed E-state index contributed by atoms with van der Waals surface area (Å²) < 4.78 is 0. The molecule has 0 fully saturated rings. The first-order valence-corrected chi connectivity index (χ1v) is 33.0. The van der Waals surface area contributed by atoms with Gasteiger partial charge in [-0.15, -0.1) is 107 Å². The van der Waals surface area contributed by atoms with Gasteiger partial charge >= 0.3 is 0 Å². The van der Waals surface area contributed by atoms with E-state index in [1.165, 1.54) is 66.2 Å². The van der Waals surface area contributed by atoms with E-state index in [2.05, 4.69) is 281 Å². The van der Waals surface area contributed by atoms with Crippen molar-refractivity contribution in [3.63, 3.8) is 0 Å². The number of aromatic nitrogens is 6. The summed E-state index contributed by atoms with van der Waals surface area (Å²) in [6, 6.07) is 98.9. The molecule has 14 aromatic rings. The van der Waals surface area contributed by atoms with Crippen LogP contribution < -0.4 is 0 Å². The van der Waals surface area contributed by atoms with E-state index in [4.69, 9.17) is 19.9 Å². The van der Waals surface area contributed by atoms with Crippen LogP contribution in [0.3, 0.4) is 0 Å². The first-order chi connectivity index (χ1) is 46.1. The zero-order valence-electron chi connectivity index (χ0n) is 58.2. The second-order valence-corrected chi connectivity index (χ2v) is 28.7. The van der Waals surface area contributed by atoms with Crippen molar-refractivity contribution in [2.75, 3.05) is 0 Å². The van der Waals surface area contributed by atoms with Gasteiger partial charge in [-0.3, -0.25) is 0 Å². The van der Waals surface area contributed by atoms with Crippen LogP contribution in [-0.4, -0.2) is 29.9 Å². The second kappa shape index (κ2) is 32.0. The van der Waals surface area contributed by atoms with Crippen LogP contribution in [0.15, 0.2) is 273 Å². The molecule has 3 radical (unpaired) electrons. The molecule has 99 heavy (non-hydrogen) atoms. The SMILES string of the molecule is CC(C)(C)c1ccc(-c2cc(-c3ccc(C(C)(C)C)cc3)cc(-c3cc[c-]c(-c4nccc5ccccc45)c3)c2)cc1.CC(C)(C)c1ccc(-c2nc(-c3ccc(C(C)(C)C)cc3)nc(-c3ccc(-c4[c-]cccc4)nc3)n2)cc1.[Ir].[Ir].[Ir].[c-]1ccccc1-c1nccc2ccccc12. The maximum absolute atomic E-state index is 4.90. The van der Waals surface area contributed by atoms with Gasteiger partial charge in [0.05, 0.1) is 0 Å². The Morgan fingerprint density at radius 2 is 0.616 bits per heavy atom. The summed E-state index contributed by atoms with van der Waals surface area (Å²) in [5.41, 5.74) is 21.4. The van der Waals surface area contributed by atoms with Crippen LogP contribution in [0.25, 0.3) is 123 Å². The normalized spacial score (nSPS) is 11.4. The molecule has 0 N–H and O–H groups in total. The van der Waals surface area contributed by atoms with Gasteiger partial charge in [-0.2, -0.15) is 0 Å². The first-order valence-electron chi connectivity index (χ1n) is 33.0. The number of hydrogen-bond donors (Lipinski definition) is 0. The Balaban J connectivity index is 0.000000185. The number of hydrogen-bond acceptors (Lipinski definition) is 6. The van der Waals surface area contributed by atoms with Gasteiger partial charge in [-0.05, 0) is 141 Å². The summed E-state index contributed by atoms with van der Waals surface area (Å²) in [4.78, 5) is 28.6. The molecule has 0 unspecified atom stereocenters. The average molecular weight is 1820 g/mol. The number of pyridine rings is 3. The summed E-state index contributed by atoms with van der Waals surface area (Å²) in [6.45, 7) is 26.9. The van der Waals surface area contributed by atoms with Crippen molar-refractivity contribution >= 4 is 21.5 Å². The van der Waals surface area contributed by atoms with E-state index >= 15 is 0 Å². The van der Waals surface area contributed by atoms with E-state index < -0.39 is 0 Å². The molecule has 0 aliphatic carbocycles. The topological polar surface area (TPSA) is 77.3 Å². The third-order valence-electron chi connectivity index (χ3n) is 17.5. The van der Waals surface area contributed by atoms with E-state index in [-0.39, 0.29) is 82.0 Å². The molecule has 9 heteroatoms. The van der Waals surface area contributed by atoms with Crippen LogP contribution in [0.5, 0.6) is 0 Å². The second-order valence-electron chi connectivity index (χ2n) is 28.7. The van der Waals surface area contributed by atoms with Crippen molar-refractivity contribution < 1.29 is 60.3 Å². The Morgan fingerprint density at radius 1 is 0.263 bits per heavy atom. The van der Waals surface area contributed by atoms with Gasteiger partial charge in [0, 0.05) is 95.6 Å². The van der Waals surface area contributed by atoms with Gasteiger partial charge < -0.3 is 15.0 Å². The maximum atomic E-state index is 4.90. The van der Waals surface area contributed by atoms with Crippen LogP contribution >= 0.6 is 0 Å². The molecule has 0 bridgehead atoms. The molecule has 0 amide bonds. The van der Waals surface area contributed by atoms with E-state index in [1.807, 2.05) is 104 Å². The van der Waals surface area contributed by atoms with Gasteiger partial charge in [-0.1, -0.05) is 241 Å². The number of fused-ring (bicyclic) bond motifs is 2. The Kier molecular flexibility index (Phi) is 24.0. The fourth-order valence-corrected chi connectivity index (χ4v) is 11.7. The van der Waals surface area contributed by atoms with Crippen molar-refractivity contribution in [1.29, 1.82) is 0 Å². The standard InChI is InChI=1S/C41H38N.C34H33N4.C15H10N.3Ir/c1-40(2,3)36-18-14-28(15-19-36)33-25-34(29-16-20-37(21-17-29)41(4,5)6)27-35(26-33)31-11-9-12-32(24-31)39-38-13-8-7-10-30(38)22-23-42-39;1-33(2,3)27-17-12-24(13-18-27)30-36-31(25-14-19-28(20-15-25)34(4,5)6)38-32(37-30)26-16-21-29(35-22-26)23-10-8-7-9-11-23;1-2-7-13(8-3-1)15-14-9-5-4-6-12(14)10-11-16-15;;;/h7-11,13-27H,1-6H3;7-10,12-22H,1-6H3;1-7,9-11H;;;/q3*-1;;;. The average Bonchev–Trinajstić information content (AvgIpc) is 0.800. The van der Waals surface area contributed by atoms with Crippen LogP contribution in [0.4, 0.5) is 0 Å². The summed E-state index contributed by atoms with van der Waals surface area (Å²) in [5, 5.41) is 4.71. The van der Waals surface area contributed by atoms with Crippen LogP contribution in [0, 0.1) is 18.2 Å². The Hall–Kier alpha value is -8.87. The van der Waals surface area contributed by atoms with Gasteiger partial charge in [0.15, 0.2) is 17.5 Å². The Labute approximate surface area is 626 Å². The fourth-order valence-electron chi connectivity index (χ4n) is 11.7. The monoisotopic (exact) mass is 1820 g/mol. The minimum Gasteiger partial charge on any atom is -0.304 e. The van der Waals surface area contributed by atoms with Crippen molar-refractivity contribution in [3.8, 4) is 101 Å². The summed E-state index contributed by atoms with van der Waals surface area (Å²) >= 11 is 0. The molecular formula is C90H81Ir3N6-3. The number of rotatable bonds is 9. The van der Waals surface area contributed by atoms with Crippen molar-refractivity contribution in [1.82, 2.24) is 29.9 Å². The molecule has 0 aliphatic heterocycles. The summed E-state index contributed by atoms with van der Waals surface area (Å²) in [7, 11) is 0. The van der Waals surface area contributed by atoms with E-state index in [1.54, 1.807) is 0 Å². The van der Waals surface area contributed by atoms with Gasteiger partial charge in [-0.25, -0.2) is 15.0 Å². The molecule has 0 saturated carbocycles. The van der Waals surface area contributed by atoms with Crippen molar-refractivity contribution in [2.24, 2.45) is 0 Å². The van der Waals surface area contributed by atoms with Gasteiger partial charge in [0.2, 0.25) is 0 Å². The van der Waals surface area contributed by atoms with Crippen LogP contribution in [0.2, 0.25) is 0 Å². The molecule has 0 atom stereocenters. The molecule has 4 aromatic heterocycles. The minimum atomic E-state index is 0. The third kappa shape index (κ3) is 18.1. The summed E-state index contributed by atoms with van der Waals surface area (Å²) in [5.74, 6) is 1.89. The van der Waals surface area contributed by atoms with E-state index in [0.29, 0.717) is 17.5 Å². The Morgan fingerprint density at radius 3 is 1.01 bits per heavy atom. The van der Waals surface area contributed by atoms with Crippen LogP contribution in [-0.2, 0) is 82.0 Å². The third-order valence-corrected chi connectivity index (χ3v) is 17.5. The largest absolute Gasteiger partial charge is 0.304 e. The van der Waals surface area contributed by atoms with Crippen LogP contribution in [0.1, 0.15) is 105 Å². The molecular weight excluding hydrogens is 1740 g/mol. The number of nitrogens with zero attached hydrogens (tertiary/aromatic N) is 6. The maximum Gasteiger partial charge on any atom is 0.165 e. The van der Waals surface area contributed by atoms with E-state index in [9.17, 15) is 0 Å². The predicted molar refractivity (Wildman–Crippen MR) is 401 cm³/mol. The van der Waals surface area contributed by atoms with E-state index in [0.717, 1.165) is 61.4 Å². The fraction of sp³-hybridized carbons (Fsp3) is 0.178. The first kappa shape index (κ1) is 74.4. The molecule has 0 aliphatic rings. The molecule has 4 heterocycles. The zero-order valence-corrected chi connectivity index (χ0v) is 65.3. The van der Waals surface area contributed by atoms with Gasteiger partial charge in [0.1, 0.15) is 0 Å². The quantitative estimate of drug-likeness (QED) is 0.134. The molecule has 14 rings (SSSR count). The molecule has 10 aromatic carbocycles.